The summed E-state index contributed by atoms with van der Waals surface area (Å²) >= 11 is 0. The first-order chi connectivity index (χ1) is 12.8. The van der Waals surface area contributed by atoms with Crippen molar-refractivity contribution >= 4 is 11.6 Å². The number of pyridine rings is 1. The van der Waals surface area contributed by atoms with Crippen molar-refractivity contribution in [3.63, 3.8) is 0 Å². The van der Waals surface area contributed by atoms with Crippen LogP contribution in [-0.2, 0) is 4.74 Å². The maximum absolute atomic E-state index is 12.6. The number of ether oxygens (including phenoxy) is 1. The molecular formula is C22H18N2O2. The van der Waals surface area contributed by atoms with E-state index in [0.717, 1.165) is 28.0 Å². The Morgan fingerprint density at radius 1 is 0.923 bits per heavy atom. The van der Waals surface area contributed by atoms with Crippen LogP contribution < -0.4 is 0 Å². The topological polar surface area (TPSA) is 43.6 Å². The fourth-order valence-corrected chi connectivity index (χ4v) is 3.12. The van der Waals surface area contributed by atoms with E-state index >= 15 is 0 Å². The molecule has 0 saturated carbocycles. The van der Waals surface area contributed by atoms with Crippen LogP contribution in [-0.4, -0.2) is 22.0 Å². The second-order valence-corrected chi connectivity index (χ2v) is 5.88. The maximum Gasteiger partial charge on any atom is 0.359 e. The highest BCUT2D eigenvalue weighted by Crippen LogP contribution is 2.31. The van der Waals surface area contributed by atoms with Crippen molar-refractivity contribution in [3.8, 4) is 22.4 Å². The molecule has 0 fully saturated rings. The lowest BCUT2D eigenvalue weighted by Gasteiger charge is -2.07. The normalized spacial score (nSPS) is 10.8. The molecule has 128 valence electrons. The molecule has 0 N–H and O–H groups in total. The van der Waals surface area contributed by atoms with Gasteiger partial charge in [-0.15, -0.1) is 0 Å². The van der Waals surface area contributed by atoms with Crippen molar-refractivity contribution in [2.45, 2.75) is 6.92 Å². The van der Waals surface area contributed by atoms with Gasteiger partial charge in [0.25, 0.3) is 0 Å². The Morgan fingerprint density at radius 3 is 2.23 bits per heavy atom. The first kappa shape index (κ1) is 16.1. The first-order valence-electron chi connectivity index (χ1n) is 8.58. The predicted octanol–water partition coefficient (Wildman–Crippen LogP) is 4.85. The molecule has 0 aliphatic heterocycles. The lowest BCUT2D eigenvalue weighted by Crippen LogP contribution is -2.07. The molecule has 2 aromatic heterocycles. The van der Waals surface area contributed by atoms with E-state index in [1.54, 1.807) is 6.92 Å². The number of imidazole rings is 1. The molecule has 0 unspecified atom stereocenters. The molecule has 2 heterocycles. The molecule has 4 nitrogen and oxygen atoms in total. The van der Waals surface area contributed by atoms with Crippen LogP contribution in [0.25, 0.3) is 28.0 Å². The fraction of sp³-hybridized carbons (Fsp3) is 0.0909. The quantitative estimate of drug-likeness (QED) is 0.498. The number of aromatic nitrogens is 2. The van der Waals surface area contributed by atoms with Gasteiger partial charge < -0.3 is 4.74 Å². The van der Waals surface area contributed by atoms with Gasteiger partial charge >= 0.3 is 5.97 Å². The van der Waals surface area contributed by atoms with E-state index in [1.807, 2.05) is 83.4 Å². The largest absolute Gasteiger partial charge is 0.461 e. The van der Waals surface area contributed by atoms with Crippen molar-refractivity contribution < 1.29 is 9.53 Å². The van der Waals surface area contributed by atoms with E-state index in [4.69, 9.17) is 4.74 Å². The molecular weight excluding hydrogens is 324 g/mol. The monoisotopic (exact) mass is 342 g/mol. The Bertz CT molecular complexity index is 1050. The van der Waals surface area contributed by atoms with Crippen molar-refractivity contribution in [1.29, 1.82) is 0 Å². The number of carbonyl (C=O) groups excluding carboxylic acids is 1. The highest BCUT2D eigenvalue weighted by molar-refractivity contribution is 5.97. The second kappa shape index (κ2) is 6.84. The molecule has 0 saturated heterocycles. The summed E-state index contributed by atoms with van der Waals surface area (Å²) in [6, 6.07) is 23.8. The summed E-state index contributed by atoms with van der Waals surface area (Å²) in [4.78, 5) is 17.2. The average molecular weight is 342 g/mol. The van der Waals surface area contributed by atoms with Crippen LogP contribution in [0.3, 0.4) is 0 Å². The van der Waals surface area contributed by atoms with Crippen molar-refractivity contribution in [2.24, 2.45) is 0 Å². The van der Waals surface area contributed by atoms with Crippen LogP contribution in [0, 0.1) is 0 Å². The first-order valence-corrected chi connectivity index (χ1v) is 8.58. The Hall–Kier alpha value is -3.40. The van der Waals surface area contributed by atoms with Crippen LogP contribution in [0.15, 0.2) is 79.0 Å². The van der Waals surface area contributed by atoms with E-state index in [0.29, 0.717) is 12.3 Å². The van der Waals surface area contributed by atoms with Crippen LogP contribution in [0.1, 0.15) is 17.4 Å². The van der Waals surface area contributed by atoms with Gasteiger partial charge in [0.15, 0.2) is 5.69 Å². The molecule has 0 amide bonds. The van der Waals surface area contributed by atoms with Crippen LogP contribution in [0.5, 0.6) is 0 Å². The molecule has 0 radical (unpaired) electrons. The highest BCUT2D eigenvalue weighted by Gasteiger charge is 2.22. The predicted molar refractivity (Wildman–Crippen MR) is 102 cm³/mol. The van der Waals surface area contributed by atoms with E-state index < -0.39 is 5.97 Å². The summed E-state index contributed by atoms with van der Waals surface area (Å²) in [6.45, 7) is 2.11. The summed E-state index contributed by atoms with van der Waals surface area (Å²) in [5.41, 5.74) is 4.77. The van der Waals surface area contributed by atoms with Gasteiger partial charge in [0, 0.05) is 17.3 Å². The maximum atomic E-state index is 12.6. The molecule has 0 spiro atoms. The minimum Gasteiger partial charge on any atom is -0.461 e. The third kappa shape index (κ3) is 2.75. The Labute approximate surface area is 151 Å². The van der Waals surface area contributed by atoms with E-state index in [1.165, 1.54) is 0 Å². The number of fused-ring (bicyclic) bond motifs is 1. The van der Waals surface area contributed by atoms with Crippen molar-refractivity contribution in [2.75, 3.05) is 6.61 Å². The molecule has 4 rings (SSSR count). The van der Waals surface area contributed by atoms with Crippen LogP contribution in [0.2, 0.25) is 0 Å². The van der Waals surface area contributed by atoms with Crippen LogP contribution in [0.4, 0.5) is 0 Å². The number of rotatable bonds is 4. The van der Waals surface area contributed by atoms with Gasteiger partial charge in [-0.3, -0.25) is 4.40 Å². The van der Waals surface area contributed by atoms with Gasteiger partial charge in [-0.2, -0.15) is 0 Å². The number of benzene rings is 2. The van der Waals surface area contributed by atoms with Crippen molar-refractivity contribution in [3.05, 3.63) is 84.7 Å². The third-order valence-electron chi connectivity index (χ3n) is 4.25. The molecule has 0 aliphatic carbocycles. The van der Waals surface area contributed by atoms with E-state index in [9.17, 15) is 4.79 Å². The van der Waals surface area contributed by atoms with Gasteiger partial charge in [0.1, 0.15) is 5.65 Å². The summed E-state index contributed by atoms with van der Waals surface area (Å²) in [5.74, 6) is -0.408. The molecule has 4 aromatic rings. The highest BCUT2D eigenvalue weighted by atomic mass is 16.5. The summed E-state index contributed by atoms with van der Waals surface area (Å²) < 4.78 is 7.21. The summed E-state index contributed by atoms with van der Waals surface area (Å²) in [5, 5.41) is 0. The molecule has 4 heteroatoms. The zero-order valence-electron chi connectivity index (χ0n) is 14.4. The number of hydrogen-bond donors (Lipinski definition) is 0. The molecule has 0 atom stereocenters. The van der Waals surface area contributed by atoms with E-state index in [-0.39, 0.29) is 0 Å². The average Bonchev–Trinajstić information content (AvgIpc) is 3.09. The van der Waals surface area contributed by atoms with Gasteiger partial charge in [0.2, 0.25) is 0 Å². The number of nitrogens with zero attached hydrogens (tertiary/aromatic N) is 2. The van der Waals surface area contributed by atoms with Gasteiger partial charge in [-0.25, -0.2) is 9.78 Å². The lowest BCUT2D eigenvalue weighted by atomic mass is 10.1. The van der Waals surface area contributed by atoms with Gasteiger partial charge in [0.05, 0.1) is 12.3 Å². The van der Waals surface area contributed by atoms with Crippen LogP contribution >= 0.6 is 0 Å². The molecule has 0 bridgehead atoms. The Kier molecular flexibility index (Phi) is 4.23. The SMILES string of the molecule is CCOC(=O)c1nc2c(-c3ccccc3)cccn2c1-c1ccccc1. The van der Waals surface area contributed by atoms with Gasteiger partial charge in [-0.05, 0) is 24.6 Å². The summed E-state index contributed by atoms with van der Waals surface area (Å²) in [6.07, 6.45) is 1.93. The number of hydrogen-bond acceptors (Lipinski definition) is 3. The lowest BCUT2D eigenvalue weighted by molar-refractivity contribution is 0.0521. The molecule has 2 aromatic carbocycles. The Balaban J connectivity index is 2.02. The molecule has 26 heavy (non-hydrogen) atoms. The van der Waals surface area contributed by atoms with Crippen molar-refractivity contribution in [1.82, 2.24) is 9.38 Å². The number of carbonyl (C=O) groups is 1. The second-order valence-electron chi connectivity index (χ2n) is 5.88. The standard InChI is InChI=1S/C22H18N2O2/c1-2-26-22(25)19-20(17-12-7-4-8-13-17)24-15-9-14-18(21(24)23-19)16-10-5-3-6-11-16/h3-15H,2H2,1H3. The zero-order valence-corrected chi connectivity index (χ0v) is 14.4. The zero-order chi connectivity index (χ0) is 17.9. The number of esters is 1. The fourth-order valence-electron chi connectivity index (χ4n) is 3.12. The third-order valence-corrected chi connectivity index (χ3v) is 4.25. The van der Waals surface area contributed by atoms with E-state index in [2.05, 4.69) is 4.98 Å². The minimum absolute atomic E-state index is 0.312. The Morgan fingerprint density at radius 2 is 1.58 bits per heavy atom. The minimum atomic E-state index is -0.408. The van der Waals surface area contributed by atoms with Gasteiger partial charge in [-0.1, -0.05) is 60.7 Å². The smallest absolute Gasteiger partial charge is 0.359 e. The molecule has 0 aliphatic rings. The summed E-state index contributed by atoms with van der Waals surface area (Å²) in [7, 11) is 0.